The van der Waals surface area contributed by atoms with Gasteiger partial charge in [0.2, 0.25) is 5.91 Å². The number of hydrogen-bond donors (Lipinski definition) is 0. The molecule has 6 nitrogen and oxygen atoms in total. The highest BCUT2D eigenvalue weighted by molar-refractivity contribution is 5.94. The van der Waals surface area contributed by atoms with E-state index in [0.717, 1.165) is 43.7 Å². The van der Waals surface area contributed by atoms with Crippen molar-refractivity contribution in [1.82, 2.24) is 14.7 Å². The van der Waals surface area contributed by atoms with Gasteiger partial charge in [-0.2, -0.15) is 0 Å². The SMILES string of the molecule is COc1ccc(C2CCCN2C(=O)CN2CCCN(C(=O)c3ccc(F)cc3)CC2)cc1. The lowest BCUT2D eigenvalue weighted by Crippen LogP contribution is -2.42. The van der Waals surface area contributed by atoms with Crippen molar-refractivity contribution in [3.05, 3.63) is 65.5 Å². The number of halogens is 1. The summed E-state index contributed by atoms with van der Waals surface area (Å²) < 4.78 is 18.4. The molecule has 0 aliphatic carbocycles. The largest absolute Gasteiger partial charge is 0.497 e. The molecule has 2 amide bonds. The predicted octanol–water partition coefficient (Wildman–Crippen LogP) is 3.35. The van der Waals surface area contributed by atoms with E-state index in [1.807, 2.05) is 29.2 Å². The Hall–Kier alpha value is -2.93. The van der Waals surface area contributed by atoms with Gasteiger partial charge in [-0.25, -0.2) is 4.39 Å². The fourth-order valence-corrected chi connectivity index (χ4v) is 4.63. The van der Waals surface area contributed by atoms with Gasteiger partial charge in [-0.05, 0) is 61.2 Å². The summed E-state index contributed by atoms with van der Waals surface area (Å²) in [6, 6.07) is 13.7. The molecule has 1 atom stereocenters. The highest BCUT2D eigenvalue weighted by atomic mass is 19.1. The second-order valence-electron chi connectivity index (χ2n) is 8.45. The zero-order valence-corrected chi connectivity index (χ0v) is 18.5. The third-order valence-corrected chi connectivity index (χ3v) is 6.40. The normalized spacial score (nSPS) is 19.6. The summed E-state index contributed by atoms with van der Waals surface area (Å²) >= 11 is 0. The Morgan fingerprint density at radius 3 is 2.41 bits per heavy atom. The second-order valence-corrected chi connectivity index (χ2v) is 8.45. The molecule has 0 spiro atoms. The lowest BCUT2D eigenvalue weighted by molar-refractivity contribution is -0.133. The summed E-state index contributed by atoms with van der Waals surface area (Å²) in [5.41, 5.74) is 1.64. The molecule has 2 aliphatic rings. The van der Waals surface area contributed by atoms with E-state index in [-0.39, 0.29) is 23.7 Å². The zero-order chi connectivity index (χ0) is 22.5. The molecule has 2 saturated heterocycles. The van der Waals surface area contributed by atoms with E-state index in [9.17, 15) is 14.0 Å². The van der Waals surface area contributed by atoms with E-state index >= 15 is 0 Å². The van der Waals surface area contributed by atoms with Crippen molar-refractivity contribution in [3.63, 3.8) is 0 Å². The van der Waals surface area contributed by atoms with E-state index in [1.165, 1.54) is 24.3 Å². The fraction of sp³-hybridized carbons (Fsp3) is 0.440. The van der Waals surface area contributed by atoms with Crippen molar-refractivity contribution in [3.8, 4) is 5.75 Å². The summed E-state index contributed by atoms with van der Waals surface area (Å²) in [6.45, 7) is 3.77. The van der Waals surface area contributed by atoms with Gasteiger partial charge in [0, 0.05) is 38.3 Å². The number of methoxy groups -OCH3 is 1. The van der Waals surface area contributed by atoms with E-state index in [0.29, 0.717) is 31.7 Å². The molecule has 2 aromatic carbocycles. The monoisotopic (exact) mass is 439 g/mol. The first-order valence-corrected chi connectivity index (χ1v) is 11.3. The number of hydrogen-bond acceptors (Lipinski definition) is 4. The van der Waals surface area contributed by atoms with Gasteiger partial charge in [0.25, 0.3) is 5.91 Å². The molecule has 0 aromatic heterocycles. The molecule has 4 rings (SSSR count). The molecule has 0 bridgehead atoms. The van der Waals surface area contributed by atoms with Gasteiger partial charge in [-0.1, -0.05) is 12.1 Å². The van der Waals surface area contributed by atoms with Crippen LogP contribution < -0.4 is 4.74 Å². The van der Waals surface area contributed by atoms with Crippen LogP contribution in [0.25, 0.3) is 0 Å². The molecule has 0 radical (unpaired) electrons. The summed E-state index contributed by atoms with van der Waals surface area (Å²) in [5.74, 6) is 0.518. The van der Waals surface area contributed by atoms with E-state index in [1.54, 1.807) is 12.0 Å². The van der Waals surface area contributed by atoms with Gasteiger partial charge in [0.05, 0.1) is 19.7 Å². The van der Waals surface area contributed by atoms with E-state index < -0.39 is 0 Å². The maximum absolute atomic E-state index is 13.2. The topological polar surface area (TPSA) is 53.1 Å². The maximum Gasteiger partial charge on any atom is 0.253 e. The molecule has 170 valence electrons. The fourth-order valence-electron chi connectivity index (χ4n) is 4.63. The van der Waals surface area contributed by atoms with Gasteiger partial charge in [0.15, 0.2) is 0 Å². The maximum atomic E-state index is 13.2. The molecule has 2 fully saturated rings. The smallest absolute Gasteiger partial charge is 0.253 e. The summed E-state index contributed by atoms with van der Waals surface area (Å²) in [7, 11) is 1.65. The van der Waals surface area contributed by atoms with Crippen LogP contribution in [0.15, 0.2) is 48.5 Å². The number of carbonyl (C=O) groups excluding carboxylic acids is 2. The van der Waals surface area contributed by atoms with Crippen molar-refractivity contribution in [2.45, 2.75) is 25.3 Å². The highest BCUT2D eigenvalue weighted by Crippen LogP contribution is 2.33. The minimum atomic E-state index is -0.350. The van der Waals surface area contributed by atoms with E-state index in [4.69, 9.17) is 4.74 Å². The molecular weight excluding hydrogens is 409 g/mol. The molecule has 1 unspecified atom stereocenters. The molecule has 0 saturated carbocycles. The Labute approximate surface area is 188 Å². The molecule has 0 N–H and O–H groups in total. The molecule has 32 heavy (non-hydrogen) atoms. The molecule has 2 heterocycles. The van der Waals surface area contributed by atoms with Crippen molar-refractivity contribution < 1.29 is 18.7 Å². The number of nitrogens with zero attached hydrogens (tertiary/aromatic N) is 3. The third kappa shape index (κ3) is 5.10. The van der Waals surface area contributed by atoms with Crippen LogP contribution in [0.1, 0.15) is 41.2 Å². The van der Waals surface area contributed by atoms with Crippen molar-refractivity contribution in [2.75, 3.05) is 46.4 Å². The summed E-state index contributed by atoms with van der Waals surface area (Å²) in [6.07, 6.45) is 2.78. The number of carbonyl (C=O) groups is 2. The Kier molecular flexibility index (Phi) is 7.05. The molecule has 2 aliphatic heterocycles. The van der Waals surface area contributed by atoms with Crippen molar-refractivity contribution >= 4 is 11.8 Å². The van der Waals surface area contributed by atoms with Crippen LogP contribution in [0.4, 0.5) is 4.39 Å². The van der Waals surface area contributed by atoms with Crippen LogP contribution in [0.5, 0.6) is 5.75 Å². The number of rotatable bonds is 5. The van der Waals surface area contributed by atoms with Crippen LogP contribution in [0.2, 0.25) is 0 Å². The molecule has 7 heteroatoms. The third-order valence-electron chi connectivity index (χ3n) is 6.40. The van der Waals surface area contributed by atoms with Crippen molar-refractivity contribution in [1.29, 1.82) is 0 Å². The highest BCUT2D eigenvalue weighted by Gasteiger charge is 2.31. The van der Waals surface area contributed by atoms with Gasteiger partial charge >= 0.3 is 0 Å². The lowest BCUT2D eigenvalue weighted by Gasteiger charge is -2.28. The lowest BCUT2D eigenvalue weighted by atomic mass is 10.0. The minimum absolute atomic E-state index is 0.0858. The molecular formula is C25H30FN3O3. The summed E-state index contributed by atoms with van der Waals surface area (Å²) in [4.78, 5) is 31.8. The average molecular weight is 440 g/mol. The second kappa shape index (κ2) is 10.1. The minimum Gasteiger partial charge on any atom is -0.497 e. The Morgan fingerprint density at radius 2 is 1.69 bits per heavy atom. The van der Waals surface area contributed by atoms with Crippen LogP contribution in [0, 0.1) is 5.82 Å². The first-order valence-electron chi connectivity index (χ1n) is 11.3. The Morgan fingerprint density at radius 1 is 0.938 bits per heavy atom. The summed E-state index contributed by atoms with van der Waals surface area (Å²) in [5, 5.41) is 0. The predicted molar refractivity (Wildman–Crippen MR) is 120 cm³/mol. The Bertz CT molecular complexity index is 932. The van der Waals surface area contributed by atoms with Crippen LogP contribution in [-0.2, 0) is 4.79 Å². The van der Waals surface area contributed by atoms with E-state index in [2.05, 4.69) is 4.90 Å². The van der Waals surface area contributed by atoms with Crippen LogP contribution >= 0.6 is 0 Å². The van der Waals surface area contributed by atoms with Gasteiger partial charge in [-0.15, -0.1) is 0 Å². The first-order chi connectivity index (χ1) is 15.5. The number of ether oxygens (including phenoxy) is 1. The number of amides is 2. The number of benzene rings is 2. The Balaban J connectivity index is 1.34. The molecule has 2 aromatic rings. The van der Waals surface area contributed by atoms with Crippen LogP contribution in [-0.4, -0.2) is 72.9 Å². The van der Waals surface area contributed by atoms with Crippen LogP contribution in [0.3, 0.4) is 0 Å². The average Bonchev–Trinajstić information content (AvgIpc) is 3.20. The first kappa shape index (κ1) is 22.3. The van der Waals surface area contributed by atoms with Gasteiger partial charge < -0.3 is 14.5 Å². The van der Waals surface area contributed by atoms with Crippen molar-refractivity contribution in [2.24, 2.45) is 0 Å². The number of likely N-dealkylation sites (tertiary alicyclic amines) is 1. The van der Waals surface area contributed by atoms with Gasteiger partial charge in [-0.3, -0.25) is 14.5 Å². The zero-order valence-electron chi connectivity index (χ0n) is 18.5. The standard InChI is InChI=1S/C25H30FN3O3/c1-32-22-11-7-19(8-12-22)23-4-2-15-29(23)24(30)18-27-13-3-14-28(17-16-27)25(31)20-5-9-21(26)10-6-20/h5-12,23H,2-4,13-18H2,1H3. The quantitative estimate of drug-likeness (QED) is 0.717. The van der Waals surface area contributed by atoms with Gasteiger partial charge in [0.1, 0.15) is 11.6 Å².